The quantitative estimate of drug-likeness (QED) is 0.228. The van der Waals surface area contributed by atoms with Crippen molar-refractivity contribution >= 4 is 54.1 Å². The first-order chi connectivity index (χ1) is 16.5. The van der Waals surface area contributed by atoms with Crippen molar-refractivity contribution in [2.24, 2.45) is 0 Å². The number of rotatable bonds is 3. The minimum absolute atomic E-state index is 0.261. The fourth-order valence-corrected chi connectivity index (χ4v) is 8.05. The standard InChI is InChI=1S/C29H16Br2F2S/c30-20-10-15-23-24(16-20)29(19-4-2-1-3-5-19)27(31)26(18-8-13-22(33)14-9-18)34-28(29)25(23)17-6-11-21(32)12-7-17/h1-16H. The summed E-state index contributed by atoms with van der Waals surface area (Å²) in [5.41, 5.74) is 5.85. The third kappa shape index (κ3) is 3.21. The Morgan fingerprint density at radius 1 is 0.676 bits per heavy atom. The van der Waals surface area contributed by atoms with Crippen molar-refractivity contribution in [2.75, 3.05) is 0 Å². The highest BCUT2D eigenvalue weighted by atomic mass is 79.9. The molecule has 4 aromatic rings. The Hall–Kier alpha value is -2.47. The van der Waals surface area contributed by atoms with Crippen molar-refractivity contribution in [1.29, 1.82) is 0 Å². The van der Waals surface area contributed by atoms with E-state index in [1.807, 2.05) is 36.4 Å². The Bertz CT molecular complexity index is 1490. The number of fused-ring (bicyclic) bond motifs is 3. The lowest BCUT2D eigenvalue weighted by Gasteiger charge is -2.30. The van der Waals surface area contributed by atoms with E-state index in [1.54, 1.807) is 11.8 Å². The van der Waals surface area contributed by atoms with Crippen LogP contribution in [-0.2, 0) is 5.41 Å². The maximum absolute atomic E-state index is 13.8. The van der Waals surface area contributed by atoms with Gasteiger partial charge in [-0.1, -0.05) is 104 Å². The molecular weight excluding hydrogens is 578 g/mol. The van der Waals surface area contributed by atoms with Crippen molar-refractivity contribution in [1.82, 2.24) is 0 Å². The molecular formula is C29H16Br2F2S. The number of hydrogen-bond acceptors (Lipinski definition) is 1. The lowest BCUT2D eigenvalue weighted by molar-refractivity contribution is 0.627. The maximum atomic E-state index is 13.8. The van der Waals surface area contributed by atoms with Crippen LogP contribution >= 0.6 is 43.6 Å². The summed E-state index contributed by atoms with van der Waals surface area (Å²) in [5, 5.41) is 0. The molecule has 166 valence electrons. The van der Waals surface area contributed by atoms with E-state index in [0.29, 0.717) is 0 Å². The van der Waals surface area contributed by atoms with E-state index in [2.05, 4.69) is 68.3 Å². The van der Waals surface area contributed by atoms with E-state index in [-0.39, 0.29) is 11.6 Å². The van der Waals surface area contributed by atoms with Crippen LogP contribution in [0.25, 0.3) is 10.5 Å². The van der Waals surface area contributed by atoms with Crippen LogP contribution in [-0.4, -0.2) is 0 Å². The Morgan fingerprint density at radius 2 is 1.29 bits per heavy atom. The number of halogens is 4. The van der Waals surface area contributed by atoms with E-state index in [4.69, 9.17) is 0 Å². The third-order valence-corrected chi connectivity index (χ3v) is 9.51. The summed E-state index contributed by atoms with van der Waals surface area (Å²) in [6.07, 6.45) is 0. The molecule has 0 radical (unpaired) electrons. The first kappa shape index (κ1) is 22.0. The Labute approximate surface area is 217 Å². The van der Waals surface area contributed by atoms with Crippen molar-refractivity contribution in [3.63, 3.8) is 0 Å². The molecule has 5 heteroatoms. The Morgan fingerprint density at radius 3 is 1.94 bits per heavy atom. The van der Waals surface area contributed by atoms with Crippen molar-refractivity contribution < 1.29 is 8.78 Å². The van der Waals surface area contributed by atoms with Crippen LogP contribution in [0, 0.1) is 11.6 Å². The van der Waals surface area contributed by atoms with Gasteiger partial charge >= 0.3 is 0 Å². The molecule has 0 amide bonds. The van der Waals surface area contributed by atoms with E-state index < -0.39 is 5.41 Å². The van der Waals surface area contributed by atoms with Gasteiger partial charge in [0.25, 0.3) is 0 Å². The van der Waals surface area contributed by atoms with Gasteiger partial charge in [-0.05, 0) is 64.2 Å². The number of hydrogen-bond donors (Lipinski definition) is 0. The SMILES string of the molecule is Fc1ccc(C2=C(Br)C3(c4ccccc4)C(=C(c4ccc(F)cc4)c4ccc(Br)cc43)S2)cc1. The molecule has 1 heterocycles. The fraction of sp³-hybridized carbons (Fsp3) is 0.0345. The van der Waals surface area contributed by atoms with E-state index in [9.17, 15) is 8.78 Å². The van der Waals surface area contributed by atoms with Gasteiger partial charge in [0.15, 0.2) is 0 Å². The third-order valence-electron chi connectivity index (χ3n) is 6.40. The molecule has 0 saturated carbocycles. The first-order valence-electron chi connectivity index (χ1n) is 10.7. The van der Waals surface area contributed by atoms with Crippen molar-refractivity contribution in [3.8, 4) is 0 Å². The monoisotopic (exact) mass is 592 g/mol. The highest BCUT2D eigenvalue weighted by Crippen LogP contribution is 2.69. The molecule has 1 aliphatic heterocycles. The summed E-state index contributed by atoms with van der Waals surface area (Å²) in [5.74, 6) is -0.523. The molecule has 0 bridgehead atoms. The zero-order valence-electron chi connectivity index (χ0n) is 17.7. The molecule has 34 heavy (non-hydrogen) atoms. The molecule has 0 nitrogen and oxygen atoms in total. The average Bonchev–Trinajstić information content (AvgIpc) is 3.31. The second-order valence-corrected chi connectivity index (χ2v) is 11.0. The minimum atomic E-state index is -0.557. The zero-order valence-corrected chi connectivity index (χ0v) is 21.6. The molecule has 1 atom stereocenters. The summed E-state index contributed by atoms with van der Waals surface area (Å²) < 4.78 is 29.6. The highest BCUT2D eigenvalue weighted by Gasteiger charge is 2.54. The first-order valence-corrected chi connectivity index (χ1v) is 13.1. The van der Waals surface area contributed by atoms with Crippen LogP contribution in [0.4, 0.5) is 8.78 Å². The highest BCUT2D eigenvalue weighted by molar-refractivity contribution is 9.12. The smallest absolute Gasteiger partial charge is 0.123 e. The fourth-order valence-electron chi connectivity index (χ4n) is 4.93. The van der Waals surface area contributed by atoms with E-state index in [0.717, 1.165) is 52.2 Å². The van der Waals surface area contributed by atoms with Crippen LogP contribution in [0.1, 0.15) is 27.8 Å². The van der Waals surface area contributed by atoms with Gasteiger partial charge in [0.05, 0.1) is 5.41 Å². The van der Waals surface area contributed by atoms with Crippen LogP contribution in [0.2, 0.25) is 0 Å². The van der Waals surface area contributed by atoms with Gasteiger partial charge in [0.1, 0.15) is 11.6 Å². The zero-order chi connectivity index (χ0) is 23.4. The molecule has 6 rings (SSSR count). The average molecular weight is 594 g/mol. The molecule has 1 aliphatic carbocycles. The summed E-state index contributed by atoms with van der Waals surface area (Å²) in [6, 6.07) is 30.1. The maximum Gasteiger partial charge on any atom is 0.123 e. The lowest BCUT2D eigenvalue weighted by Crippen LogP contribution is -2.25. The van der Waals surface area contributed by atoms with Gasteiger partial charge in [-0.3, -0.25) is 0 Å². The molecule has 0 aromatic heterocycles. The van der Waals surface area contributed by atoms with Gasteiger partial charge in [-0.15, -0.1) is 0 Å². The van der Waals surface area contributed by atoms with Crippen molar-refractivity contribution in [3.05, 3.63) is 150 Å². The number of allylic oxidation sites excluding steroid dienone is 2. The summed E-state index contributed by atoms with van der Waals surface area (Å²) in [7, 11) is 0. The summed E-state index contributed by atoms with van der Waals surface area (Å²) in [6.45, 7) is 0. The van der Waals surface area contributed by atoms with Gasteiger partial charge < -0.3 is 0 Å². The van der Waals surface area contributed by atoms with Crippen LogP contribution in [0.15, 0.2) is 111 Å². The normalized spacial score (nSPS) is 18.9. The molecule has 0 saturated heterocycles. The topological polar surface area (TPSA) is 0 Å². The molecule has 0 N–H and O–H groups in total. The molecule has 2 aliphatic rings. The number of benzene rings is 4. The van der Waals surface area contributed by atoms with E-state index in [1.165, 1.54) is 24.3 Å². The predicted molar refractivity (Wildman–Crippen MR) is 144 cm³/mol. The molecule has 0 fully saturated rings. The summed E-state index contributed by atoms with van der Waals surface area (Å²) >= 11 is 9.40. The minimum Gasteiger partial charge on any atom is -0.207 e. The van der Waals surface area contributed by atoms with E-state index >= 15 is 0 Å². The second kappa shape index (κ2) is 8.33. The van der Waals surface area contributed by atoms with Gasteiger partial charge in [0.2, 0.25) is 0 Å². The van der Waals surface area contributed by atoms with Crippen LogP contribution < -0.4 is 0 Å². The molecule has 1 unspecified atom stereocenters. The van der Waals surface area contributed by atoms with Gasteiger partial charge in [-0.2, -0.15) is 0 Å². The molecule has 4 aromatic carbocycles. The van der Waals surface area contributed by atoms with Gasteiger partial charge in [0, 0.05) is 24.3 Å². The summed E-state index contributed by atoms with van der Waals surface area (Å²) in [4.78, 5) is 2.20. The lowest BCUT2D eigenvalue weighted by atomic mass is 9.75. The molecule has 0 spiro atoms. The van der Waals surface area contributed by atoms with Crippen molar-refractivity contribution in [2.45, 2.75) is 5.41 Å². The van der Waals surface area contributed by atoms with Gasteiger partial charge in [-0.25, -0.2) is 8.78 Å². The van der Waals surface area contributed by atoms with Crippen LogP contribution in [0.3, 0.4) is 0 Å². The second-order valence-electron chi connectivity index (χ2n) is 8.27. The Balaban J connectivity index is 1.72. The van der Waals surface area contributed by atoms with Crippen LogP contribution in [0.5, 0.6) is 0 Å². The Kier molecular flexibility index (Phi) is 5.40. The predicted octanol–water partition coefficient (Wildman–Crippen LogP) is 9.30. The largest absolute Gasteiger partial charge is 0.207 e. The number of thioether (sulfide) groups is 1.